The molecule has 1 aromatic heterocycles. The number of rotatable bonds is 1. The zero-order valence-corrected chi connectivity index (χ0v) is 5.66. The Hall–Kier alpha value is -1.47. The van der Waals surface area contributed by atoms with Crippen molar-refractivity contribution in [2.45, 2.75) is 0 Å². The third-order valence-electron chi connectivity index (χ3n) is 1.13. The molecule has 0 fully saturated rings. The Morgan fingerprint density at radius 3 is 1.85 bits per heavy atom. The number of halogens is 6. The molecule has 0 N–H and O–H groups in total. The molecular formula is C5F6N2. The predicted octanol–water partition coefficient (Wildman–Crippen LogP) is 2.21. The second-order valence-electron chi connectivity index (χ2n) is 1.90. The summed E-state index contributed by atoms with van der Waals surface area (Å²) in [6, 6.07) is 0. The zero-order valence-electron chi connectivity index (χ0n) is 5.66. The van der Waals surface area contributed by atoms with Gasteiger partial charge in [0.2, 0.25) is 23.3 Å². The minimum Gasteiger partial charge on any atom is -0.200 e. The van der Waals surface area contributed by atoms with E-state index in [1.807, 2.05) is 0 Å². The van der Waals surface area contributed by atoms with Gasteiger partial charge in [0, 0.05) is 0 Å². The first-order valence-electron chi connectivity index (χ1n) is 2.76. The molecule has 0 aromatic carbocycles. The van der Waals surface area contributed by atoms with Gasteiger partial charge in [0.25, 0.3) is 5.95 Å². The smallest absolute Gasteiger partial charge is 0.200 e. The van der Waals surface area contributed by atoms with Crippen molar-refractivity contribution in [3.63, 3.8) is 0 Å². The summed E-state index contributed by atoms with van der Waals surface area (Å²) in [5.41, 5.74) is 0. The van der Waals surface area contributed by atoms with Gasteiger partial charge in [0.05, 0.1) is 0 Å². The highest BCUT2D eigenvalue weighted by Gasteiger charge is 2.24. The van der Waals surface area contributed by atoms with Gasteiger partial charge in [0.15, 0.2) is 0 Å². The second-order valence-corrected chi connectivity index (χ2v) is 1.90. The van der Waals surface area contributed by atoms with E-state index in [4.69, 9.17) is 0 Å². The summed E-state index contributed by atoms with van der Waals surface area (Å²) >= 11 is 0. The topological polar surface area (TPSA) is 16.1 Å². The van der Waals surface area contributed by atoms with E-state index in [2.05, 4.69) is 4.98 Å². The Kier molecular flexibility index (Phi) is 2.30. The molecule has 0 saturated heterocycles. The third kappa shape index (κ3) is 1.51. The van der Waals surface area contributed by atoms with E-state index in [9.17, 15) is 26.5 Å². The van der Waals surface area contributed by atoms with Gasteiger partial charge in [0.1, 0.15) is 0 Å². The first-order chi connectivity index (χ1) is 5.95. The van der Waals surface area contributed by atoms with Crippen LogP contribution in [-0.4, -0.2) is 4.98 Å². The number of hydrogen-bond acceptors (Lipinski definition) is 2. The summed E-state index contributed by atoms with van der Waals surface area (Å²) in [6.07, 6.45) is 0. The van der Waals surface area contributed by atoms with Crippen LogP contribution in [0.4, 0.5) is 32.3 Å². The van der Waals surface area contributed by atoms with Crippen LogP contribution in [0.2, 0.25) is 0 Å². The molecule has 0 amide bonds. The van der Waals surface area contributed by atoms with Crippen molar-refractivity contribution in [1.82, 2.24) is 4.98 Å². The molecule has 8 heteroatoms. The molecule has 2 nitrogen and oxygen atoms in total. The van der Waals surface area contributed by atoms with Crippen LogP contribution in [-0.2, 0) is 0 Å². The molecule has 0 radical (unpaired) electrons. The molecule has 1 aromatic rings. The summed E-state index contributed by atoms with van der Waals surface area (Å²) in [7, 11) is 0. The number of hydrogen-bond donors (Lipinski definition) is 0. The molecule has 0 bridgehead atoms. The lowest BCUT2D eigenvalue weighted by Crippen LogP contribution is -2.08. The van der Waals surface area contributed by atoms with Gasteiger partial charge >= 0.3 is 0 Å². The average Bonchev–Trinajstić information content (AvgIpc) is 2.07. The summed E-state index contributed by atoms with van der Waals surface area (Å²) in [5, 5.41) is -1.96. The second kappa shape index (κ2) is 3.11. The molecule has 0 saturated carbocycles. The minimum atomic E-state index is -2.33. The highest BCUT2D eigenvalue weighted by Crippen LogP contribution is 2.22. The normalized spacial score (nSPS) is 10.3. The van der Waals surface area contributed by atoms with E-state index < -0.39 is 34.6 Å². The fraction of sp³-hybridized carbons (Fsp3) is 0. The molecular weight excluding hydrogens is 202 g/mol. The SMILES string of the molecule is Fc1nc(N(F)F)c(F)c(F)c1F. The lowest BCUT2D eigenvalue weighted by molar-refractivity contribution is 0.221. The Balaban J connectivity index is 3.41. The Bertz CT molecular complexity index is 338. The largest absolute Gasteiger partial charge is 0.254 e. The maximum atomic E-state index is 12.3. The van der Waals surface area contributed by atoms with Crippen LogP contribution in [0, 0.1) is 23.4 Å². The van der Waals surface area contributed by atoms with E-state index in [1.54, 1.807) is 0 Å². The van der Waals surface area contributed by atoms with Gasteiger partial charge in [-0.1, -0.05) is 8.96 Å². The van der Waals surface area contributed by atoms with Crippen LogP contribution in [0.15, 0.2) is 0 Å². The zero-order chi connectivity index (χ0) is 10.2. The summed E-state index contributed by atoms with van der Waals surface area (Å²) in [4.78, 5) is 2.15. The Labute approximate surface area is 67.3 Å². The van der Waals surface area contributed by atoms with Crippen molar-refractivity contribution in [1.29, 1.82) is 0 Å². The van der Waals surface area contributed by atoms with Gasteiger partial charge in [-0.25, -0.2) is 4.39 Å². The van der Waals surface area contributed by atoms with Gasteiger partial charge in [-0.3, -0.25) is 0 Å². The molecule has 1 heterocycles. The van der Waals surface area contributed by atoms with Crippen molar-refractivity contribution in [2.24, 2.45) is 0 Å². The van der Waals surface area contributed by atoms with Gasteiger partial charge in [-0.2, -0.15) is 18.2 Å². The molecule has 72 valence electrons. The van der Waals surface area contributed by atoms with Gasteiger partial charge < -0.3 is 0 Å². The molecule has 0 aliphatic rings. The number of aromatic nitrogens is 1. The number of anilines is 1. The van der Waals surface area contributed by atoms with E-state index in [-0.39, 0.29) is 0 Å². The van der Waals surface area contributed by atoms with Crippen molar-refractivity contribution in [3.8, 4) is 0 Å². The maximum absolute atomic E-state index is 12.3. The van der Waals surface area contributed by atoms with Crippen LogP contribution < -0.4 is 5.34 Å². The quantitative estimate of drug-likeness (QED) is 0.394. The van der Waals surface area contributed by atoms with Gasteiger partial charge in [-0.15, -0.1) is 0 Å². The fourth-order valence-corrected chi connectivity index (χ4v) is 0.588. The summed E-state index contributed by atoms with van der Waals surface area (Å²) in [6.45, 7) is 0. The maximum Gasteiger partial charge on any atom is 0.254 e. The first kappa shape index (κ1) is 9.62. The molecule has 0 spiro atoms. The molecule has 13 heavy (non-hydrogen) atoms. The standard InChI is InChI=1S/C5F6N2/c6-1-2(7)4(9)12-5(3(1)8)13(10)11. The third-order valence-corrected chi connectivity index (χ3v) is 1.13. The molecule has 0 atom stereocenters. The monoisotopic (exact) mass is 202 g/mol. The predicted molar refractivity (Wildman–Crippen MR) is 28.8 cm³/mol. The molecule has 0 unspecified atom stereocenters. The lowest BCUT2D eigenvalue weighted by Gasteiger charge is -2.03. The van der Waals surface area contributed by atoms with Crippen LogP contribution in [0.1, 0.15) is 0 Å². The van der Waals surface area contributed by atoms with Crippen molar-refractivity contribution >= 4 is 5.82 Å². The van der Waals surface area contributed by atoms with E-state index in [1.165, 1.54) is 0 Å². The van der Waals surface area contributed by atoms with Crippen LogP contribution >= 0.6 is 0 Å². The van der Waals surface area contributed by atoms with E-state index in [0.717, 1.165) is 0 Å². The average molecular weight is 202 g/mol. The number of nitrogens with zero attached hydrogens (tertiary/aromatic N) is 2. The highest BCUT2D eigenvalue weighted by atomic mass is 19.4. The van der Waals surface area contributed by atoms with Crippen molar-refractivity contribution in [3.05, 3.63) is 23.4 Å². The minimum absolute atomic E-state index is 1.91. The van der Waals surface area contributed by atoms with E-state index in [0.29, 0.717) is 0 Å². The Morgan fingerprint density at radius 1 is 0.846 bits per heavy atom. The summed E-state index contributed by atoms with van der Waals surface area (Å²) < 4.78 is 72.0. The summed E-state index contributed by atoms with van der Waals surface area (Å²) in [5.74, 6) is -10.8. The van der Waals surface area contributed by atoms with Gasteiger partial charge in [-0.05, 0) is 5.34 Å². The molecule has 1 rings (SSSR count). The molecule has 0 aliphatic heterocycles. The fourth-order valence-electron chi connectivity index (χ4n) is 0.588. The van der Waals surface area contributed by atoms with Crippen molar-refractivity contribution < 1.29 is 26.5 Å². The Morgan fingerprint density at radius 2 is 1.38 bits per heavy atom. The lowest BCUT2D eigenvalue weighted by atomic mass is 10.4. The van der Waals surface area contributed by atoms with Crippen LogP contribution in [0.25, 0.3) is 0 Å². The molecule has 0 aliphatic carbocycles. The highest BCUT2D eigenvalue weighted by molar-refractivity contribution is 5.34. The van der Waals surface area contributed by atoms with Crippen molar-refractivity contribution in [2.75, 3.05) is 5.34 Å². The first-order valence-corrected chi connectivity index (χ1v) is 2.76. The van der Waals surface area contributed by atoms with Crippen LogP contribution in [0.5, 0.6) is 0 Å². The number of pyridine rings is 1. The van der Waals surface area contributed by atoms with Crippen LogP contribution in [0.3, 0.4) is 0 Å². The van der Waals surface area contributed by atoms with E-state index >= 15 is 0 Å².